The lowest BCUT2D eigenvalue weighted by molar-refractivity contribution is -0.134. The first kappa shape index (κ1) is 27.1. The molecule has 2 heterocycles. The normalized spacial score (nSPS) is 14.3. The summed E-state index contributed by atoms with van der Waals surface area (Å²) in [4.78, 5) is 31.0. The number of amides is 3. The van der Waals surface area contributed by atoms with Gasteiger partial charge in [0.2, 0.25) is 5.91 Å². The highest BCUT2D eigenvalue weighted by Gasteiger charge is 2.33. The van der Waals surface area contributed by atoms with Gasteiger partial charge in [0.15, 0.2) is 0 Å². The number of rotatable bonds is 8. The quantitative estimate of drug-likeness (QED) is 0.217. The smallest absolute Gasteiger partial charge is 0.322 e. The van der Waals surface area contributed by atoms with Gasteiger partial charge in [0.25, 0.3) is 0 Å². The molecule has 1 atom stereocenters. The molecule has 1 aliphatic heterocycles. The van der Waals surface area contributed by atoms with Crippen molar-refractivity contribution >= 4 is 28.4 Å². The van der Waals surface area contributed by atoms with Crippen molar-refractivity contribution in [1.82, 2.24) is 14.4 Å². The Morgan fingerprint density at radius 3 is 2.48 bits per heavy atom. The molecule has 0 bridgehead atoms. The molecular formula is C35H34N4O3. The van der Waals surface area contributed by atoms with Crippen molar-refractivity contribution < 1.29 is 14.3 Å². The van der Waals surface area contributed by atoms with Crippen LogP contribution >= 0.6 is 0 Å². The minimum absolute atomic E-state index is 0.0120. The molecule has 1 aliphatic rings. The Kier molecular flexibility index (Phi) is 7.90. The molecule has 3 amide bonds. The summed E-state index contributed by atoms with van der Waals surface area (Å²) >= 11 is 0. The minimum atomic E-state index is -0.301. The lowest BCUT2D eigenvalue weighted by atomic mass is 9.99. The van der Waals surface area contributed by atoms with Crippen LogP contribution in [0.1, 0.15) is 30.6 Å². The van der Waals surface area contributed by atoms with Crippen LogP contribution in [0, 0.1) is 0 Å². The molecule has 1 aromatic heterocycles. The van der Waals surface area contributed by atoms with E-state index < -0.39 is 0 Å². The van der Waals surface area contributed by atoms with Gasteiger partial charge in [-0.1, -0.05) is 73.7 Å². The summed E-state index contributed by atoms with van der Waals surface area (Å²) in [5.41, 5.74) is 2.72. The average molecular weight is 559 g/mol. The van der Waals surface area contributed by atoms with Gasteiger partial charge in [-0.05, 0) is 59.8 Å². The molecule has 1 N–H and O–H groups in total. The number of hydrogen-bond acceptors (Lipinski definition) is 3. The van der Waals surface area contributed by atoms with Gasteiger partial charge < -0.3 is 24.4 Å². The minimum Gasteiger partial charge on any atom is -0.457 e. The van der Waals surface area contributed by atoms with Gasteiger partial charge in [-0.15, -0.1) is 0 Å². The molecule has 0 spiro atoms. The molecule has 42 heavy (non-hydrogen) atoms. The highest BCUT2D eigenvalue weighted by atomic mass is 16.5. The first-order valence-corrected chi connectivity index (χ1v) is 14.4. The molecule has 0 radical (unpaired) electrons. The van der Waals surface area contributed by atoms with Crippen molar-refractivity contribution in [1.29, 1.82) is 0 Å². The molecule has 7 heteroatoms. The highest BCUT2D eigenvalue weighted by molar-refractivity contribution is 6.02. The van der Waals surface area contributed by atoms with Crippen molar-refractivity contribution in [2.45, 2.75) is 25.9 Å². The van der Waals surface area contributed by atoms with E-state index >= 15 is 0 Å². The van der Waals surface area contributed by atoms with Crippen molar-refractivity contribution in [2.75, 3.05) is 25.0 Å². The summed E-state index contributed by atoms with van der Waals surface area (Å²) in [7, 11) is 0. The average Bonchev–Trinajstić information content (AvgIpc) is 3.50. The van der Waals surface area contributed by atoms with Gasteiger partial charge in [-0.3, -0.25) is 4.79 Å². The van der Waals surface area contributed by atoms with Crippen LogP contribution in [0.15, 0.2) is 115 Å². The third-order valence-corrected chi connectivity index (χ3v) is 7.65. The van der Waals surface area contributed by atoms with E-state index in [0.29, 0.717) is 25.4 Å². The summed E-state index contributed by atoms with van der Waals surface area (Å²) in [6, 6.07) is 34.8. The van der Waals surface area contributed by atoms with E-state index in [1.807, 2.05) is 115 Å². The van der Waals surface area contributed by atoms with E-state index in [2.05, 4.69) is 22.1 Å². The van der Waals surface area contributed by atoms with Crippen molar-refractivity contribution in [3.05, 3.63) is 127 Å². The van der Waals surface area contributed by atoms with Crippen LogP contribution in [0.25, 0.3) is 10.8 Å². The number of nitrogens with one attached hydrogen (secondary N) is 1. The number of urea groups is 1. The lowest BCUT2D eigenvalue weighted by Gasteiger charge is -2.38. The van der Waals surface area contributed by atoms with Gasteiger partial charge >= 0.3 is 6.03 Å². The van der Waals surface area contributed by atoms with Crippen molar-refractivity contribution in [3.63, 3.8) is 0 Å². The van der Waals surface area contributed by atoms with Crippen LogP contribution in [-0.4, -0.2) is 45.9 Å². The highest BCUT2D eigenvalue weighted by Crippen LogP contribution is 2.35. The molecule has 5 aromatic rings. The summed E-state index contributed by atoms with van der Waals surface area (Å²) in [5, 5.41) is 5.07. The predicted molar refractivity (Wildman–Crippen MR) is 166 cm³/mol. The maximum atomic E-state index is 14.0. The Bertz CT molecular complexity index is 1690. The van der Waals surface area contributed by atoms with E-state index in [-0.39, 0.29) is 24.5 Å². The Labute approximate surface area is 245 Å². The van der Waals surface area contributed by atoms with E-state index in [1.54, 1.807) is 4.90 Å². The fraction of sp³-hybridized carbons (Fsp3) is 0.200. The van der Waals surface area contributed by atoms with Gasteiger partial charge in [0, 0.05) is 36.9 Å². The number of anilines is 1. The number of carbonyl (C=O) groups is 2. The van der Waals surface area contributed by atoms with Crippen LogP contribution in [0.5, 0.6) is 11.5 Å². The molecule has 212 valence electrons. The summed E-state index contributed by atoms with van der Waals surface area (Å²) in [5.74, 6) is 1.36. The second-order valence-electron chi connectivity index (χ2n) is 10.5. The molecule has 7 nitrogen and oxygen atoms in total. The molecule has 4 aromatic carbocycles. The van der Waals surface area contributed by atoms with Gasteiger partial charge in [0.1, 0.15) is 18.0 Å². The third kappa shape index (κ3) is 5.72. The van der Waals surface area contributed by atoms with E-state index in [1.165, 1.54) is 0 Å². The molecule has 0 saturated carbocycles. The summed E-state index contributed by atoms with van der Waals surface area (Å²) < 4.78 is 8.31. The lowest BCUT2D eigenvalue weighted by Crippen LogP contribution is -2.48. The largest absolute Gasteiger partial charge is 0.457 e. The second-order valence-corrected chi connectivity index (χ2v) is 10.5. The van der Waals surface area contributed by atoms with Crippen molar-refractivity contribution in [2.24, 2.45) is 0 Å². The van der Waals surface area contributed by atoms with Crippen LogP contribution in [-0.2, 0) is 11.3 Å². The number of nitrogens with zero attached hydrogens (tertiary/aromatic N) is 3. The maximum Gasteiger partial charge on any atom is 0.322 e. The number of aromatic nitrogens is 1. The molecule has 0 saturated heterocycles. The second kappa shape index (κ2) is 12.2. The molecule has 0 fully saturated rings. The molecule has 1 unspecified atom stereocenters. The Morgan fingerprint density at radius 1 is 0.857 bits per heavy atom. The zero-order chi connectivity index (χ0) is 28.9. The Hall–Kier alpha value is -5.04. The molecule has 0 aliphatic carbocycles. The molecule has 6 rings (SSSR count). The Balaban J connectivity index is 1.25. The van der Waals surface area contributed by atoms with E-state index in [9.17, 15) is 9.59 Å². The zero-order valence-corrected chi connectivity index (χ0v) is 23.6. The fourth-order valence-corrected chi connectivity index (χ4v) is 5.68. The number of fused-ring (bicyclic) bond motifs is 2. The number of hydrogen-bond donors (Lipinski definition) is 1. The standard InChI is InChI=1S/C35H34N4O3/c1-2-20-38(35(41)36-31-18-9-12-26-11-6-7-17-30(26)31)25-33(40)39-23-22-37-21-10-19-32(37)34(39)27-13-8-16-29(24-27)42-28-14-4-3-5-15-28/h3-19,21,24,34H,2,20,22-23,25H2,1H3,(H,36,41). The number of benzene rings is 4. The van der Waals surface area contributed by atoms with Crippen molar-refractivity contribution in [3.8, 4) is 11.5 Å². The molecular weight excluding hydrogens is 524 g/mol. The van der Waals surface area contributed by atoms with Crippen LogP contribution in [0.4, 0.5) is 10.5 Å². The van der Waals surface area contributed by atoms with Gasteiger partial charge in [-0.25, -0.2) is 4.79 Å². The van der Waals surface area contributed by atoms with E-state index in [0.717, 1.165) is 39.9 Å². The van der Waals surface area contributed by atoms with Gasteiger partial charge in [0.05, 0.1) is 11.7 Å². The first-order valence-electron chi connectivity index (χ1n) is 14.4. The Morgan fingerprint density at radius 2 is 1.62 bits per heavy atom. The topological polar surface area (TPSA) is 66.8 Å². The maximum absolute atomic E-state index is 14.0. The van der Waals surface area contributed by atoms with Crippen LogP contribution < -0.4 is 10.1 Å². The first-order chi connectivity index (χ1) is 20.6. The van der Waals surface area contributed by atoms with E-state index in [4.69, 9.17) is 4.74 Å². The van der Waals surface area contributed by atoms with Crippen LogP contribution in [0.3, 0.4) is 0 Å². The number of ether oxygens (including phenoxy) is 1. The number of para-hydroxylation sites is 1. The SMILES string of the molecule is CCCN(CC(=O)N1CCn2cccc2C1c1cccc(Oc2ccccc2)c1)C(=O)Nc1cccc2ccccc12. The predicted octanol–water partition coefficient (Wildman–Crippen LogP) is 7.31. The fourth-order valence-electron chi connectivity index (χ4n) is 5.68. The van der Waals surface area contributed by atoms with Gasteiger partial charge in [-0.2, -0.15) is 0 Å². The third-order valence-electron chi connectivity index (χ3n) is 7.65. The summed E-state index contributed by atoms with van der Waals surface area (Å²) in [6.45, 7) is 3.71. The summed E-state index contributed by atoms with van der Waals surface area (Å²) in [6.07, 6.45) is 2.79. The monoisotopic (exact) mass is 558 g/mol. The number of carbonyl (C=O) groups excluding carboxylic acids is 2. The zero-order valence-electron chi connectivity index (χ0n) is 23.6. The van der Waals surface area contributed by atoms with Crippen LogP contribution in [0.2, 0.25) is 0 Å².